The average molecular weight is 255 g/mol. The molecular weight excluding hydrogens is 244 g/mol. The maximum absolute atomic E-state index is 13.6. The third-order valence-electron chi connectivity index (χ3n) is 2.58. The summed E-state index contributed by atoms with van der Waals surface area (Å²) in [5.41, 5.74) is -2.08. The Morgan fingerprint density at radius 2 is 2.11 bits per heavy atom. The fourth-order valence-electron chi connectivity index (χ4n) is 1.67. The Hall–Kier alpha value is -1.86. The van der Waals surface area contributed by atoms with Crippen LogP contribution >= 0.6 is 0 Å². The molecule has 0 spiro atoms. The molecule has 7 heteroatoms. The van der Waals surface area contributed by atoms with Crippen molar-refractivity contribution in [2.45, 2.75) is 12.1 Å². The minimum Gasteiger partial charge on any atom is -0.393 e. The number of hydrogen-bond acceptors (Lipinski definition) is 4. The molecule has 1 aromatic carbocycles. The molecule has 0 aliphatic carbocycles. The van der Waals surface area contributed by atoms with Crippen molar-refractivity contribution in [3.8, 4) is 0 Å². The van der Waals surface area contributed by atoms with E-state index in [4.69, 9.17) is 0 Å². The molecule has 0 saturated carbocycles. The lowest BCUT2D eigenvalue weighted by Gasteiger charge is -2.26. The van der Waals surface area contributed by atoms with Crippen molar-refractivity contribution in [2.75, 3.05) is 6.61 Å². The molecular formula is C11H11F2N3O2. The molecule has 2 rings (SSSR count). The highest BCUT2D eigenvalue weighted by molar-refractivity contribution is 5.25. The van der Waals surface area contributed by atoms with Crippen molar-refractivity contribution in [1.29, 1.82) is 0 Å². The number of aliphatic hydroxyl groups excluding tert-OH is 1. The number of rotatable bonds is 4. The molecule has 2 N–H and O–H groups in total. The topological polar surface area (TPSA) is 71.2 Å². The van der Waals surface area contributed by atoms with E-state index in [0.717, 1.165) is 12.1 Å². The minimum atomic E-state index is -1.88. The van der Waals surface area contributed by atoms with E-state index >= 15 is 0 Å². The molecule has 1 unspecified atom stereocenters. The molecule has 0 bridgehead atoms. The number of hydrogen-bond donors (Lipinski definition) is 2. The molecule has 1 aromatic heterocycles. The van der Waals surface area contributed by atoms with E-state index in [0.29, 0.717) is 6.07 Å². The highest BCUT2D eigenvalue weighted by Gasteiger charge is 2.32. The summed E-state index contributed by atoms with van der Waals surface area (Å²) in [5.74, 6) is -1.68. The van der Waals surface area contributed by atoms with Crippen molar-refractivity contribution in [3.05, 3.63) is 48.1 Å². The smallest absolute Gasteiger partial charge is 0.137 e. The van der Waals surface area contributed by atoms with E-state index in [2.05, 4.69) is 10.1 Å². The average Bonchev–Trinajstić information content (AvgIpc) is 2.81. The third kappa shape index (κ3) is 2.36. The van der Waals surface area contributed by atoms with Crippen LogP contribution in [0.5, 0.6) is 0 Å². The monoisotopic (exact) mass is 255 g/mol. The molecule has 18 heavy (non-hydrogen) atoms. The first kappa shape index (κ1) is 12.6. The summed E-state index contributed by atoms with van der Waals surface area (Å²) in [7, 11) is 0. The van der Waals surface area contributed by atoms with Gasteiger partial charge in [-0.15, -0.1) is 0 Å². The summed E-state index contributed by atoms with van der Waals surface area (Å²) in [6.45, 7) is -0.915. The maximum atomic E-state index is 13.6. The van der Waals surface area contributed by atoms with E-state index in [1.807, 2.05) is 0 Å². The molecule has 1 heterocycles. The molecule has 0 saturated heterocycles. The lowest BCUT2D eigenvalue weighted by atomic mass is 9.94. The van der Waals surface area contributed by atoms with Crippen LogP contribution in [0.4, 0.5) is 8.78 Å². The Morgan fingerprint density at radius 3 is 2.67 bits per heavy atom. The summed E-state index contributed by atoms with van der Waals surface area (Å²) in [6, 6.07) is 2.76. The number of aromatic nitrogens is 3. The summed E-state index contributed by atoms with van der Waals surface area (Å²) in [6.07, 6.45) is 2.57. The van der Waals surface area contributed by atoms with Crippen molar-refractivity contribution in [2.24, 2.45) is 0 Å². The van der Waals surface area contributed by atoms with Crippen molar-refractivity contribution < 1.29 is 19.0 Å². The van der Waals surface area contributed by atoms with Crippen LogP contribution in [0, 0.1) is 11.6 Å². The Bertz CT molecular complexity index is 533. The summed E-state index contributed by atoms with van der Waals surface area (Å²) < 4.78 is 27.7. The standard InChI is InChI=1S/C11H11F2N3O2/c12-8-1-2-9(10(13)3-8)11(18,5-17)4-16-7-14-6-15-16/h1-3,6-7,17-18H,4-5H2. The Kier molecular flexibility index (Phi) is 3.35. The van der Waals surface area contributed by atoms with Crippen molar-refractivity contribution in [1.82, 2.24) is 14.8 Å². The lowest BCUT2D eigenvalue weighted by Crippen LogP contribution is -2.36. The fraction of sp³-hybridized carbons (Fsp3) is 0.273. The summed E-state index contributed by atoms with van der Waals surface area (Å²) in [4.78, 5) is 3.68. The highest BCUT2D eigenvalue weighted by Crippen LogP contribution is 2.25. The number of benzene rings is 1. The second kappa shape index (κ2) is 4.79. The number of nitrogens with zero attached hydrogens (tertiary/aromatic N) is 3. The molecule has 0 radical (unpaired) electrons. The van der Waals surface area contributed by atoms with E-state index in [1.165, 1.54) is 17.3 Å². The van der Waals surface area contributed by atoms with Gasteiger partial charge in [0.15, 0.2) is 0 Å². The SMILES string of the molecule is OCC(O)(Cn1cncn1)c1ccc(F)cc1F. The van der Waals surface area contributed by atoms with Crippen molar-refractivity contribution >= 4 is 0 Å². The molecule has 5 nitrogen and oxygen atoms in total. The predicted molar refractivity (Wildman–Crippen MR) is 57.4 cm³/mol. The van der Waals surface area contributed by atoms with Gasteiger partial charge in [0.25, 0.3) is 0 Å². The van der Waals surface area contributed by atoms with E-state index in [9.17, 15) is 19.0 Å². The van der Waals surface area contributed by atoms with Gasteiger partial charge >= 0.3 is 0 Å². The van der Waals surface area contributed by atoms with Gasteiger partial charge in [-0.05, 0) is 6.07 Å². The van der Waals surface area contributed by atoms with Gasteiger partial charge in [-0.3, -0.25) is 0 Å². The molecule has 0 aliphatic heterocycles. The normalized spacial score (nSPS) is 14.4. The first-order valence-corrected chi connectivity index (χ1v) is 5.16. The highest BCUT2D eigenvalue weighted by atomic mass is 19.1. The summed E-state index contributed by atoms with van der Waals surface area (Å²) in [5, 5.41) is 23.3. The van der Waals surface area contributed by atoms with Gasteiger partial charge in [0.2, 0.25) is 0 Å². The lowest BCUT2D eigenvalue weighted by molar-refractivity contribution is -0.0383. The molecule has 1 atom stereocenters. The zero-order valence-electron chi connectivity index (χ0n) is 9.29. The van der Waals surface area contributed by atoms with Gasteiger partial charge in [-0.2, -0.15) is 5.10 Å². The second-order valence-corrected chi connectivity index (χ2v) is 3.91. The van der Waals surface area contributed by atoms with Gasteiger partial charge in [0.05, 0.1) is 13.2 Å². The largest absolute Gasteiger partial charge is 0.393 e. The molecule has 96 valence electrons. The van der Waals surface area contributed by atoms with Crippen LogP contribution in [0.2, 0.25) is 0 Å². The van der Waals surface area contributed by atoms with E-state index in [1.54, 1.807) is 0 Å². The first-order valence-electron chi connectivity index (χ1n) is 5.16. The van der Waals surface area contributed by atoms with Gasteiger partial charge in [0, 0.05) is 11.6 Å². The van der Waals surface area contributed by atoms with Crippen LogP contribution in [-0.2, 0) is 12.1 Å². The van der Waals surface area contributed by atoms with Gasteiger partial charge in [-0.1, -0.05) is 6.07 Å². The Labute approximate surface area is 101 Å². The van der Waals surface area contributed by atoms with Gasteiger partial charge < -0.3 is 10.2 Å². The molecule has 2 aromatic rings. The zero-order chi connectivity index (χ0) is 13.2. The number of halogens is 2. The predicted octanol–water partition coefficient (Wildman–Crippen LogP) is 0.436. The summed E-state index contributed by atoms with van der Waals surface area (Å²) >= 11 is 0. The number of aliphatic hydroxyl groups is 2. The first-order chi connectivity index (χ1) is 8.55. The third-order valence-corrected chi connectivity index (χ3v) is 2.58. The van der Waals surface area contributed by atoms with Crippen LogP contribution in [-0.4, -0.2) is 31.6 Å². The maximum Gasteiger partial charge on any atom is 0.137 e. The van der Waals surface area contributed by atoms with E-state index < -0.39 is 23.8 Å². The Balaban J connectivity index is 2.36. The fourth-order valence-corrected chi connectivity index (χ4v) is 1.67. The van der Waals surface area contributed by atoms with Crippen LogP contribution in [0.3, 0.4) is 0 Å². The molecule has 0 amide bonds. The van der Waals surface area contributed by atoms with Crippen LogP contribution < -0.4 is 0 Å². The molecule has 0 fully saturated rings. The van der Waals surface area contributed by atoms with Gasteiger partial charge in [0.1, 0.15) is 29.9 Å². The Morgan fingerprint density at radius 1 is 1.33 bits per heavy atom. The van der Waals surface area contributed by atoms with Crippen LogP contribution in [0.25, 0.3) is 0 Å². The molecule has 0 aliphatic rings. The van der Waals surface area contributed by atoms with Crippen molar-refractivity contribution in [3.63, 3.8) is 0 Å². The minimum absolute atomic E-state index is 0.188. The zero-order valence-corrected chi connectivity index (χ0v) is 9.29. The quantitative estimate of drug-likeness (QED) is 0.831. The second-order valence-electron chi connectivity index (χ2n) is 3.91. The van der Waals surface area contributed by atoms with E-state index in [-0.39, 0.29) is 12.1 Å². The van der Waals surface area contributed by atoms with Crippen LogP contribution in [0.1, 0.15) is 5.56 Å². The van der Waals surface area contributed by atoms with Gasteiger partial charge in [-0.25, -0.2) is 18.4 Å². The van der Waals surface area contributed by atoms with Crippen LogP contribution in [0.15, 0.2) is 30.9 Å².